The van der Waals surface area contributed by atoms with Crippen molar-refractivity contribution in [2.45, 2.75) is 144 Å². The van der Waals surface area contributed by atoms with Crippen LogP contribution in [0.25, 0.3) is 0 Å². The average Bonchev–Trinajstić information content (AvgIpc) is 2.91. The highest BCUT2D eigenvalue weighted by Gasteiger charge is 2.31. The highest BCUT2D eigenvalue weighted by atomic mass is 16.4. The van der Waals surface area contributed by atoms with Crippen molar-refractivity contribution in [3.8, 4) is 0 Å². The van der Waals surface area contributed by atoms with Gasteiger partial charge < -0.3 is 31.5 Å². The lowest BCUT2D eigenvalue weighted by Gasteiger charge is -2.25. The van der Waals surface area contributed by atoms with Gasteiger partial charge in [0.2, 0.25) is 23.6 Å². The summed E-state index contributed by atoms with van der Waals surface area (Å²) in [5.41, 5.74) is 0. The van der Waals surface area contributed by atoms with Crippen LogP contribution in [0.4, 0.5) is 0 Å². The van der Waals surface area contributed by atoms with Crippen LogP contribution in [0.2, 0.25) is 0 Å². The molecule has 0 aliphatic rings. The van der Waals surface area contributed by atoms with Gasteiger partial charge >= 0.3 is 11.9 Å². The normalized spacial score (nSPS) is 14.2. The van der Waals surface area contributed by atoms with E-state index < -0.39 is 47.9 Å². The molecule has 4 amide bonds. The molecule has 0 rings (SSSR count). The number of carbonyl (C=O) groups is 6. The van der Waals surface area contributed by atoms with E-state index in [4.69, 9.17) is 0 Å². The zero-order valence-electron chi connectivity index (χ0n) is 28.0. The van der Waals surface area contributed by atoms with Gasteiger partial charge in [-0.15, -0.1) is 0 Å². The maximum Gasteiger partial charge on any atom is 0.326 e. The van der Waals surface area contributed by atoms with Gasteiger partial charge in [-0.25, -0.2) is 9.59 Å². The van der Waals surface area contributed by atoms with Crippen molar-refractivity contribution in [2.24, 2.45) is 23.7 Å². The summed E-state index contributed by atoms with van der Waals surface area (Å²) in [5.74, 6) is -4.61. The molecular formula is C32H58N4O8. The Labute approximate surface area is 263 Å². The standard InChI is InChI=1S/C32H58N4O8/c1-19(2)25(29(39)35-27(21(5)6)31(41)42)33-23(37)17-15-13-11-9-10-12-14-16-18-24(38)34-26(20(3)4)30(40)36-28(22(7)8)32(43)44/h19-22,25-28H,9-18H2,1-8H3,(H,33,37)(H,34,38)(H,35,39)(H,36,40)(H,41,42)(H,43,44). The number of hydrogen-bond donors (Lipinski definition) is 6. The third kappa shape index (κ3) is 16.6. The third-order valence-electron chi connectivity index (χ3n) is 7.55. The van der Waals surface area contributed by atoms with E-state index in [1.54, 1.807) is 55.4 Å². The summed E-state index contributed by atoms with van der Waals surface area (Å²) in [4.78, 5) is 72.9. The van der Waals surface area contributed by atoms with Crippen LogP contribution in [0, 0.1) is 23.7 Å². The Morgan fingerprint density at radius 2 is 0.659 bits per heavy atom. The molecule has 0 saturated heterocycles. The van der Waals surface area contributed by atoms with Crippen molar-refractivity contribution < 1.29 is 39.0 Å². The number of rotatable bonds is 23. The average molecular weight is 627 g/mol. The second kappa shape index (κ2) is 21.5. The molecule has 0 bridgehead atoms. The smallest absolute Gasteiger partial charge is 0.326 e. The Morgan fingerprint density at radius 3 is 0.886 bits per heavy atom. The van der Waals surface area contributed by atoms with E-state index in [0.29, 0.717) is 25.7 Å². The van der Waals surface area contributed by atoms with Crippen LogP contribution in [0.5, 0.6) is 0 Å². The van der Waals surface area contributed by atoms with Crippen LogP contribution >= 0.6 is 0 Å². The van der Waals surface area contributed by atoms with E-state index in [-0.39, 0.29) is 35.5 Å². The van der Waals surface area contributed by atoms with Gasteiger partial charge in [0.25, 0.3) is 0 Å². The van der Waals surface area contributed by atoms with E-state index in [0.717, 1.165) is 38.5 Å². The van der Waals surface area contributed by atoms with Crippen molar-refractivity contribution in [3.63, 3.8) is 0 Å². The molecule has 4 atom stereocenters. The third-order valence-corrected chi connectivity index (χ3v) is 7.55. The number of nitrogens with one attached hydrogen (secondary N) is 4. The molecule has 0 aromatic carbocycles. The fourth-order valence-corrected chi connectivity index (χ4v) is 4.71. The van der Waals surface area contributed by atoms with Gasteiger partial charge in [0, 0.05) is 12.8 Å². The first kappa shape index (κ1) is 40.8. The topological polar surface area (TPSA) is 191 Å². The summed E-state index contributed by atoms with van der Waals surface area (Å²) in [7, 11) is 0. The number of unbranched alkanes of at least 4 members (excludes halogenated alkanes) is 7. The van der Waals surface area contributed by atoms with Gasteiger partial charge in [0.15, 0.2) is 0 Å². The predicted molar refractivity (Wildman–Crippen MR) is 169 cm³/mol. The number of aliphatic carboxylic acids is 2. The number of carboxylic acid groups (broad SMARTS) is 2. The molecule has 0 radical (unpaired) electrons. The lowest BCUT2D eigenvalue weighted by molar-refractivity contribution is -0.144. The van der Waals surface area contributed by atoms with Crippen molar-refractivity contribution in [1.29, 1.82) is 0 Å². The molecule has 12 heteroatoms. The van der Waals surface area contributed by atoms with E-state index in [1.807, 2.05) is 0 Å². The minimum absolute atomic E-state index is 0.191. The number of hydrogen-bond acceptors (Lipinski definition) is 6. The second-order valence-electron chi connectivity index (χ2n) is 13.0. The Morgan fingerprint density at radius 1 is 0.409 bits per heavy atom. The van der Waals surface area contributed by atoms with Crippen molar-refractivity contribution in [1.82, 2.24) is 21.3 Å². The molecule has 0 fully saturated rings. The van der Waals surface area contributed by atoms with Crippen molar-refractivity contribution in [3.05, 3.63) is 0 Å². The molecule has 0 aliphatic heterocycles. The molecule has 0 heterocycles. The summed E-state index contributed by atoms with van der Waals surface area (Å²) >= 11 is 0. The first-order chi connectivity index (χ1) is 20.5. The van der Waals surface area contributed by atoms with Gasteiger partial charge in [-0.2, -0.15) is 0 Å². The summed E-state index contributed by atoms with van der Waals surface area (Å²) in [5, 5.41) is 29.2. The van der Waals surface area contributed by atoms with Gasteiger partial charge in [-0.3, -0.25) is 19.2 Å². The molecule has 0 aliphatic carbocycles. The summed E-state index contributed by atoms with van der Waals surface area (Å²) in [6.07, 6.45) is 7.67. The van der Waals surface area contributed by atoms with E-state index in [1.165, 1.54) is 0 Å². The number of amides is 4. The molecule has 0 saturated carbocycles. The van der Waals surface area contributed by atoms with Crippen LogP contribution < -0.4 is 21.3 Å². The summed E-state index contributed by atoms with van der Waals surface area (Å²) < 4.78 is 0. The first-order valence-corrected chi connectivity index (χ1v) is 16.1. The monoisotopic (exact) mass is 626 g/mol. The summed E-state index contributed by atoms with van der Waals surface area (Å²) in [6.45, 7) is 14.1. The molecule has 44 heavy (non-hydrogen) atoms. The largest absolute Gasteiger partial charge is 0.480 e. The SMILES string of the molecule is CC(C)C(NC(=O)C(NC(=O)CCCCCCCCCCC(=O)NC(C(=O)NC(C(=O)O)C(C)C)C(C)C)C(C)C)C(=O)O. The number of carbonyl (C=O) groups excluding carboxylic acids is 4. The Bertz CT molecular complexity index is 861. The van der Waals surface area contributed by atoms with Gasteiger partial charge in [0.05, 0.1) is 0 Å². The van der Waals surface area contributed by atoms with Crippen molar-refractivity contribution in [2.75, 3.05) is 0 Å². The van der Waals surface area contributed by atoms with Gasteiger partial charge in [0.1, 0.15) is 24.2 Å². The molecule has 254 valence electrons. The van der Waals surface area contributed by atoms with E-state index >= 15 is 0 Å². The molecule has 12 nitrogen and oxygen atoms in total. The van der Waals surface area contributed by atoms with Crippen molar-refractivity contribution >= 4 is 35.6 Å². The van der Waals surface area contributed by atoms with Crippen LogP contribution in [-0.4, -0.2) is 69.9 Å². The Kier molecular flexibility index (Phi) is 20.0. The van der Waals surface area contributed by atoms with E-state index in [9.17, 15) is 39.0 Å². The molecule has 4 unspecified atom stereocenters. The van der Waals surface area contributed by atoms with Crippen LogP contribution in [-0.2, 0) is 28.8 Å². The highest BCUT2D eigenvalue weighted by molar-refractivity contribution is 5.91. The quantitative estimate of drug-likeness (QED) is 0.0927. The predicted octanol–water partition coefficient (Wildman–Crippen LogP) is 3.62. The zero-order chi connectivity index (χ0) is 34.0. The molecule has 0 aromatic rings. The zero-order valence-corrected chi connectivity index (χ0v) is 28.0. The van der Waals surface area contributed by atoms with E-state index in [2.05, 4.69) is 21.3 Å². The highest BCUT2D eigenvalue weighted by Crippen LogP contribution is 2.13. The minimum Gasteiger partial charge on any atom is -0.480 e. The first-order valence-electron chi connectivity index (χ1n) is 16.1. The fraction of sp³-hybridized carbons (Fsp3) is 0.812. The number of carboxylic acids is 2. The van der Waals surface area contributed by atoms with Crippen LogP contribution in [0.15, 0.2) is 0 Å². The molecule has 0 spiro atoms. The lowest BCUT2D eigenvalue weighted by Crippen LogP contribution is -2.54. The molecule has 0 aromatic heterocycles. The molecule has 6 N–H and O–H groups in total. The Balaban J connectivity index is 4.26. The minimum atomic E-state index is -1.11. The van der Waals surface area contributed by atoms with Gasteiger partial charge in [-0.05, 0) is 36.5 Å². The fourth-order valence-electron chi connectivity index (χ4n) is 4.71. The maximum absolute atomic E-state index is 12.6. The van der Waals surface area contributed by atoms with Gasteiger partial charge in [-0.1, -0.05) is 93.9 Å². The van der Waals surface area contributed by atoms with Crippen LogP contribution in [0.3, 0.4) is 0 Å². The second-order valence-corrected chi connectivity index (χ2v) is 13.0. The summed E-state index contributed by atoms with van der Waals surface area (Å²) in [6, 6.07) is -3.63. The maximum atomic E-state index is 12.6. The lowest BCUT2D eigenvalue weighted by atomic mass is 10.00. The Hall–Kier alpha value is -3.18. The van der Waals surface area contributed by atoms with Crippen LogP contribution in [0.1, 0.15) is 120 Å². The molecular weight excluding hydrogens is 568 g/mol.